The van der Waals surface area contributed by atoms with Gasteiger partial charge in [-0.15, -0.1) is 0 Å². The summed E-state index contributed by atoms with van der Waals surface area (Å²) in [7, 11) is 0. The molecular formula is C15H24N2O. The van der Waals surface area contributed by atoms with Gasteiger partial charge in [-0.25, -0.2) is 0 Å². The number of rotatable bonds is 5. The SMILES string of the molecule is C=CC(=CC=CC)C(C)N1CC(C(C)N)CC1=O. The first kappa shape index (κ1) is 14.7. The second kappa shape index (κ2) is 6.55. The summed E-state index contributed by atoms with van der Waals surface area (Å²) in [6.45, 7) is 10.5. The molecule has 18 heavy (non-hydrogen) atoms. The van der Waals surface area contributed by atoms with Gasteiger partial charge in [0.05, 0.1) is 6.04 Å². The van der Waals surface area contributed by atoms with Gasteiger partial charge in [0.25, 0.3) is 0 Å². The highest BCUT2D eigenvalue weighted by Crippen LogP contribution is 2.25. The average Bonchev–Trinajstić information content (AvgIpc) is 2.72. The van der Waals surface area contributed by atoms with Crippen LogP contribution in [0.3, 0.4) is 0 Å². The summed E-state index contributed by atoms with van der Waals surface area (Å²) in [6, 6.07) is 0.132. The molecule has 0 aromatic rings. The molecule has 1 aliphatic heterocycles. The lowest BCUT2D eigenvalue weighted by atomic mass is 10.0. The van der Waals surface area contributed by atoms with Crippen molar-refractivity contribution in [2.45, 2.75) is 39.3 Å². The van der Waals surface area contributed by atoms with Crippen molar-refractivity contribution in [2.24, 2.45) is 11.7 Å². The zero-order valence-electron chi connectivity index (χ0n) is 11.6. The van der Waals surface area contributed by atoms with Gasteiger partial charge in [-0.3, -0.25) is 4.79 Å². The average molecular weight is 248 g/mol. The van der Waals surface area contributed by atoms with Crippen LogP contribution in [0.1, 0.15) is 27.2 Å². The predicted molar refractivity (Wildman–Crippen MR) is 76.0 cm³/mol. The maximum absolute atomic E-state index is 12.0. The Hall–Kier alpha value is -1.35. The van der Waals surface area contributed by atoms with Crippen LogP contribution in [-0.2, 0) is 4.79 Å². The molecule has 0 aromatic heterocycles. The summed E-state index contributed by atoms with van der Waals surface area (Å²) in [5.41, 5.74) is 6.95. The van der Waals surface area contributed by atoms with Crippen molar-refractivity contribution < 1.29 is 4.79 Å². The van der Waals surface area contributed by atoms with Gasteiger partial charge in [-0.05, 0) is 26.3 Å². The molecule has 1 amide bonds. The number of nitrogens with two attached hydrogens (primary N) is 1. The number of amides is 1. The smallest absolute Gasteiger partial charge is 0.223 e. The van der Waals surface area contributed by atoms with E-state index in [2.05, 4.69) is 6.58 Å². The van der Waals surface area contributed by atoms with E-state index in [0.717, 1.165) is 12.1 Å². The quantitative estimate of drug-likeness (QED) is 0.759. The summed E-state index contributed by atoms with van der Waals surface area (Å²) in [6.07, 6.45) is 8.32. The lowest BCUT2D eigenvalue weighted by molar-refractivity contribution is -0.128. The fourth-order valence-electron chi connectivity index (χ4n) is 2.25. The number of hydrogen-bond acceptors (Lipinski definition) is 2. The van der Waals surface area contributed by atoms with Crippen LogP contribution >= 0.6 is 0 Å². The lowest BCUT2D eigenvalue weighted by Gasteiger charge is -2.26. The number of likely N-dealkylation sites (tertiary alicyclic amines) is 1. The fourth-order valence-corrected chi connectivity index (χ4v) is 2.25. The number of hydrogen-bond donors (Lipinski definition) is 1. The Balaban J connectivity index is 2.80. The van der Waals surface area contributed by atoms with E-state index < -0.39 is 0 Å². The first-order valence-electron chi connectivity index (χ1n) is 6.51. The molecule has 2 N–H and O–H groups in total. The number of carbonyl (C=O) groups is 1. The van der Waals surface area contributed by atoms with E-state index in [4.69, 9.17) is 5.73 Å². The van der Waals surface area contributed by atoms with Crippen molar-refractivity contribution in [1.82, 2.24) is 4.90 Å². The van der Waals surface area contributed by atoms with E-state index in [0.29, 0.717) is 6.42 Å². The molecule has 1 heterocycles. The molecule has 100 valence electrons. The Bertz CT molecular complexity index is 369. The van der Waals surface area contributed by atoms with Crippen LogP contribution in [0.5, 0.6) is 0 Å². The summed E-state index contributed by atoms with van der Waals surface area (Å²) >= 11 is 0. The molecule has 0 bridgehead atoms. The molecule has 1 aliphatic rings. The van der Waals surface area contributed by atoms with Crippen molar-refractivity contribution in [3.05, 3.63) is 36.5 Å². The van der Waals surface area contributed by atoms with Crippen molar-refractivity contribution in [3.8, 4) is 0 Å². The van der Waals surface area contributed by atoms with E-state index in [-0.39, 0.29) is 23.9 Å². The maximum atomic E-state index is 12.0. The van der Waals surface area contributed by atoms with E-state index >= 15 is 0 Å². The predicted octanol–water partition coefficient (Wildman–Crippen LogP) is 2.26. The van der Waals surface area contributed by atoms with Crippen LogP contribution in [0.2, 0.25) is 0 Å². The largest absolute Gasteiger partial charge is 0.336 e. The maximum Gasteiger partial charge on any atom is 0.223 e. The van der Waals surface area contributed by atoms with Gasteiger partial charge in [-0.1, -0.05) is 30.9 Å². The third kappa shape index (κ3) is 3.33. The van der Waals surface area contributed by atoms with E-state index in [1.807, 2.05) is 50.0 Å². The summed E-state index contributed by atoms with van der Waals surface area (Å²) in [4.78, 5) is 13.9. The van der Waals surface area contributed by atoms with E-state index in [9.17, 15) is 4.79 Å². The Kier molecular flexibility index (Phi) is 5.35. The van der Waals surface area contributed by atoms with Crippen LogP contribution in [0.15, 0.2) is 36.5 Å². The molecule has 3 nitrogen and oxygen atoms in total. The number of allylic oxidation sites excluding steroid dienone is 3. The molecule has 0 radical (unpaired) electrons. The van der Waals surface area contributed by atoms with Crippen LogP contribution in [0, 0.1) is 5.92 Å². The lowest BCUT2D eigenvalue weighted by Crippen LogP contribution is -2.37. The highest BCUT2D eigenvalue weighted by atomic mass is 16.2. The van der Waals surface area contributed by atoms with Gasteiger partial charge < -0.3 is 10.6 Å². The standard InChI is InChI=1S/C15H24N2O/c1-5-7-8-13(6-2)12(4)17-10-14(11(3)16)9-15(17)18/h5-8,11-12,14H,2,9-10,16H2,1,3-4H3. The summed E-state index contributed by atoms with van der Waals surface area (Å²) in [5, 5.41) is 0. The third-order valence-electron chi connectivity index (χ3n) is 3.60. The Morgan fingerprint density at radius 3 is 2.67 bits per heavy atom. The third-order valence-corrected chi connectivity index (χ3v) is 3.60. The molecule has 3 atom stereocenters. The van der Waals surface area contributed by atoms with Crippen molar-refractivity contribution in [2.75, 3.05) is 6.54 Å². The summed E-state index contributed by atoms with van der Waals surface area (Å²) in [5.74, 6) is 0.464. The zero-order valence-corrected chi connectivity index (χ0v) is 11.6. The Morgan fingerprint density at radius 2 is 2.22 bits per heavy atom. The van der Waals surface area contributed by atoms with Crippen LogP contribution < -0.4 is 5.73 Å². The highest BCUT2D eigenvalue weighted by molar-refractivity contribution is 5.79. The van der Waals surface area contributed by atoms with E-state index in [1.165, 1.54) is 0 Å². The van der Waals surface area contributed by atoms with Crippen LogP contribution in [0.4, 0.5) is 0 Å². The molecule has 0 spiro atoms. The normalized spacial score (nSPS) is 24.7. The van der Waals surface area contributed by atoms with Crippen LogP contribution in [-0.4, -0.2) is 29.4 Å². The van der Waals surface area contributed by atoms with Gasteiger partial charge >= 0.3 is 0 Å². The number of carbonyl (C=O) groups excluding carboxylic acids is 1. The van der Waals surface area contributed by atoms with Gasteiger partial charge in [0.15, 0.2) is 0 Å². The molecule has 1 rings (SSSR count). The number of nitrogens with zero attached hydrogens (tertiary/aromatic N) is 1. The second-order valence-corrected chi connectivity index (χ2v) is 4.94. The van der Waals surface area contributed by atoms with Gasteiger partial charge in [-0.2, -0.15) is 0 Å². The van der Waals surface area contributed by atoms with Crippen molar-refractivity contribution >= 4 is 5.91 Å². The van der Waals surface area contributed by atoms with Gasteiger partial charge in [0.2, 0.25) is 5.91 Å². The first-order valence-corrected chi connectivity index (χ1v) is 6.51. The van der Waals surface area contributed by atoms with Crippen LogP contribution in [0.25, 0.3) is 0 Å². The minimum atomic E-state index is 0.0648. The highest BCUT2D eigenvalue weighted by Gasteiger charge is 2.34. The van der Waals surface area contributed by atoms with E-state index in [1.54, 1.807) is 0 Å². The monoisotopic (exact) mass is 248 g/mol. The minimum absolute atomic E-state index is 0.0648. The minimum Gasteiger partial charge on any atom is -0.336 e. The molecular weight excluding hydrogens is 224 g/mol. The summed E-state index contributed by atoms with van der Waals surface area (Å²) < 4.78 is 0. The Morgan fingerprint density at radius 1 is 1.56 bits per heavy atom. The van der Waals surface area contributed by atoms with Gasteiger partial charge in [0, 0.05) is 24.9 Å². The van der Waals surface area contributed by atoms with Gasteiger partial charge in [0.1, 0.15) is 0 Å². The molecule has 0 aliphatic carbocycles. The molecule has 0 saturated carbocycles. The molecule has 0 aromatic carbocycles. The van der Waals surface area contributed by atoms with Crippen molar-refractivity contribution in [3.63, 3.8) is 0 Å². The fraction of sp³-hybridized carbons (Fsp3) is 0.533. The molecule has 3 heteroatoms. The van der Waals surface area contributed by atoms with Crippen molar-refractivity contribution in [1.29, 1.82) is 0 Å². The first-order chi connectivity index (χ1) is 8.51. The molecule has 3 unspecified atom stereocenters. The second-order valence-electron chi connectivity index (χ2n) is 4.94. The zero-order chi connectivity index (χ0) is 13.7. The Labute approximate surface area is 110 Å². The topological polar surface area (TPSA) is 46.3 Å². The molecule has 1 fully saturated rings. The molecule has 1 saturated heterocycles.